The van der Waals surface area contributed by atoms with Gasteiger partial charge in [-0.1, -0.05) is 12.1 Å². The summed E-state index contributed by atoms with van der Waals surface area (Å²) in [4.78, 5) is 2.53. The molecule has 1 aliphatic rings. The Morgan fingerprint density at radius 3 is 2.50 bits per heavy atom. The van der Waals surface area contributed by atoms with Crippen molar-refractivity contribution in [3.05, 3.63) is 47.8 Å². The summed E-state index contributed by atoms with van der Waals surface area (Å²) in [6.07, 6.45) is 6.53. The number of nitrogens with one attached hydrogen (secondary N) is 1. The van der Waals surface area contributed by atoms with Crippen molar-refractivity contribution in [3.8, 4) is 0 Å². The number of aliphatic hydroxyl groups is 1. The molecule has 130 valence electrons. The molecule has 1 aromatic heterocycles. The van der Waals surface area contributed by atoms with Crippen LogP contribution in [0.25, 0.3) is 0 Å². The number of β-amino-alcohol motifs (C(OH)–C–C–N with tert-alkyl or cyclic N) is 1. The van der Waals surface area contributed by atoms with Crippen LogP contribution >= 0.6 is 0 Å². The number of nitrogens with zero attached hydrogens (tertiary/aromatic N) is 2. The largest absolute Gasteiger partial charge is 0.387 e. The van der Waals surface area contributed by atoms with E-state index in [1.54, 1.807) is 24.3 Å². The van der Waals surface area contributed by atoms with Gasteiger partial charge in [-0.15, -0.1) is 0 Å². The van der Waals surface area contributed by atoms with E-state index in [0.29, 0.717) is 12.5 Å². The number of piperidine rings is 1. The Morgan fingerprint density at radius 1 is 1.29 bits per heavy atom. The number of H-pyrrole nitrogens is 1. The van der Waals surface area contributed by atoms with E-state index >= 15 is 0 Å². The molecule has 6 nitrogen and oxygen atoms in total. The summed E-state index contributed by atoms with van der Waals surface area (Å²) in [5.41, 5.74) is 2.01. The molecule has 0 bridgehead atoms. The molecule has 2 heterocycles. The van der Waals surface area contributed by atoms with Crippen LogP contribution in [0.5, 0.6) is 0 Å². The number of rotatable bonds is 5. The van der Waals surface area contributed by atoms with Crippen LogP contribution in [0.2, 0.25) is 0 Å². The second-order valence-electron chi connectivity index (χ2n) is 6.46. The molecule has 0 amide bonds. The van der Waals surface area contributed by atoms with Gasteiger partial charge in [0, 0.05) is 19.0 Å². The number of aromatic nitrogens is 2. The lowest BCUT2D eigenvalue weighted by molar-refractivity contribution is 0.0972. The SMILES string of the molecule is CS(=O)(=O)c1ccc([C@@H](O)CN2CCC(c3cn[nH]c3)CC2)cc1. The molecule has 1 saturated heterocycles. The summed E-state index contributed by atoms with van der Waals surface area (Å²) in [5, 5.41) is 17.3. The molecule has 0 radical (unpaired) electrons. The third-order valence-electron chi connectivity index (χ3n) is 4.70. The predicted molar refractivity (Wildman–Crippen MR) is 91.5 cm³/mol. The van der Waals surface area contributed by atoms with Crippen molar-refractivity contribution in [1.29, 1.82) is 0 Å². The fraction of sp³-hybridized carbons (Fsp3) is 0.471. The molecule has 0 saturated carbocycles. The quantitative estimate of drug-likeness (QED) is 0.858. The molecule has 2 aromatic rings. The van der Waals surface area contributed by atoms with E-state index in [1.807, 2.05) is 12.4 Å². The van der Waals surface area contributed by atoms with Crippen LogP contribution in [0.1, 0.15) is 36.0 Å². The first-order valence-corrected chi connectivity index (χ1v) is 10.0. The first-order chi connectivity index (χ1) is 11.4. The van der Waals surface area contributed by atoms with Gasteiger partial charge < -0.3 is 10.0 Å². The number of benzene rings is 1. The van der Waals surface area contributed by atoms with E-state index in [2.05, 4.69) is 15.1 Å². The lowest BCUT2D eigenvalue weighted by atomic mass is 9.91. The number of likely N-dealkylation sites (tertiary alicyclic amines) is 1. The molecule has 24 heavy (non-hydrogen) atoms. The lowest BCUT2D eigenvalue weighted by Gasteiger charge is -2.32. The Balaban J connectivity index is 1.55. The Labute approximate surface area is 142 Å². The van der Waals surface area contributed by atoms with Crippen LogP contribution < -0.4 is 0 Å². The van der Waals surface area contributed by atoms with E-state index in [0.717, 1.165) is 31.5 Å². The predicted octanol–water partition coefficient (Wildman–Crippen LogP) is 1.73. The van der Waals surface area contributed by atoms with Gasteiger partial charge in [-0.05, 0) is 55.1 Å². The first-order valence-electron chi connectivity index (χ1n) is 8.12. The van der Waals surface area contributed by atoms with Gasteiger partial charge >= 0.3 is 0 Å². The molecular formula is C17H23N3O3S. The van der Waals surface area contributed by atoms with E-state index in [1.165, 1.54) is 11.8 Å². The number of aromatic amines is 1. The summed E-state index contributed by atoms with van der Waals surface area (Å²) in [6.45, 7) is 2.44. The summed E-state index contributed by atoms with van der Waals surface area (Å²) in [6, 6.07) is 6.50. The van der Waals surface area contributed by atoms with Gasteiger partial charge in [-0.3, -0.25) is 5.10 Å². The molecule has 0 aliphatic carbocycles. The Morgan fingerprint density at radius 2 is 1.96 bits per heavy atom. The lowest BCUT2D eigenvalue weighted by Crippen LogP contribution is -2.36. The van der Waals surface area contributed by atoms with Gasteiger partial charge in [0.1, 0.15) is 0 Å². The highest BCUT2D eigenvalue weighted by Crippen LogP contribution is 2.28. The molecule has 3 rings (SSSR count). The minimum atomic E-state index is -3.20. The van der Waals surface area contributed by atoms with Gasteiger partial charge in [0.2, 0.25) is 0 Å². The van der Waals surface area contributed by atoms with Crippen molar-refractivity contribution in [2.24, 2.45) is 0 Å². The van der Waals surface area contributed by atoms with E-state index in [-0.39, 0.29) is 4.90 Å². The van der Waals surface area contributed by atoms with Crippen molar-refractivity contribution in [1.82, 2.24) is 15.1 Å². The number of hydrogen-bond acceptors (Lipinski definition) is 5. The highest BCUT2D eigenvalue weighted by Gasteiger charge is 2.23. The van der Waals surface area contributed by atoms with Crippen molar-refractivity contribution in [3.63, 3.8) is 0 Å². The molecule has 7 heteroatoms. The van der Waals surface area contributed by atoms with Gasteiger partial charge in [0.05, 0.1) is 17.2 Å². The van der Waals surface area contributed by atoms with Crippen LogP contribution in [-0.4, -0.2) is 54.5 Å². The molecule has 2 N–H and O–H groups in total. The fourth-order valence-electron chi connectivity index (χ4n) is 3.22. The maximum Gasteiger partial charge on any atom is 0.175 e. The Kier molecular flexibility index (Phi) is 5.03. The second-order valence-corrected chi connectivity index (χ2v) is 8.48. The first kappa shape index (κ1) is 17.1. The minimum Gasteiger partial charge on any atom is -0.387 e. The van der Waals surface area contributed by atoms with Crippen molar-refractivity contribution in [2.75, 3.05) is 25.9 Å². The maximum absolute atomic E-state index is 11.5. The maximum atomic E-state index is 11.5. The number of sulfone groups is 1. The highest BCUT2D eigenvalue weighted by atomic mass is 32.2. The summed E-state index contributed by atoms with van der Waals surface area (Å²) < 4.78 is 23.0. The molecule has 1 atom stereocenters. The van der Waals surface area contributed by atoms with Gasteiger partial charge in [-0.25, -0.2) is 8.42 Å². The van der Waals surface area contributed by atoms with Gasteiger partial charge in [-0.2, -0.15) is 5.10 Å². The number of hydrogen-bond donors (Lipinski definition) is 2. The summed E-state index contributed by atoms with van der Waals surface area (Å²) >= 11 is 0. The molecule has 1 aromatic carbocycles. The van der Waals surface area contributed by atoms with E-state index < -0.39 is 15.9 Å². The van der Waals surface area contributed by atoms with Gasteiger partial charge in [0.15, 0.2) is 9.84 Å². The number of aliphatic hydroxyl groups excluding tert-OH is 1. The van der Waals surface area contributed by atoms with Crippen LogP contribution in [0.3, 0.4) is 0 Å². The third kappa shape index (κ3) is 4.03. The van der Waals surface area contributed by atoms with Crippen LogP contribution in [0, 0.1) is 0 Å². The van der Waals surface area contributed by atoms with Crippen LogP contribution in [-0.2, 0) is 9.84 Å². The Hall–Kier alpha value is -1.70. The molecule has 1 aliphatic heterocycles. The monoisotopic (exact) mass is 349 g/mol. The molecule has 1 fully saturated rings. The topological polar surface area (TPSA) is 86.3 Å². The molecular weight excluding hydrogens is 326 g/mol. The zero-order chi connectivity index (χ0) is 17.2. The second kappa shape index (κ2) is 7.04. The third-order valence-corrected chi connectivity index (χ3v) is 5.83. The van der Waals surface area contributed by atoms with Gasteiger partial charge in [0.25, 0.3) is 0 Å². The zero-order valence-corrected chi connectivity index (χ0v) is 14.5. The highest BCUT2D eigenvalue weighted by molar-refractivity contribution is 7.90. The molecule has 0 unspecified atom stereocenters. The van der Waals surface area contributed by atoms with Crippen molar-refractivity contribution < 1.29 is 13.5 Å². The van der Waals surface area contributed by atoms with Crippen LogP contribution in [0.4, 0.5) is 0 Å². The average Bonchev–Trinajstić information content (AvgIpc) is 3.09. The van der Waals surface area contributed by atoms with Crippen molar-refractivity contribution in [2.45, 2.75) is 29.8 Å². The summed E-state index contributed by atoms with van der Waals surface area (Å²) in [7, 11) is -3.20. The standard InChI is InChI=1S/C17H23N3O3S/c1-24(22,23)16-4-2-14(3-5-16)17(21)12-20-8-6-13(7-9-20)15-10-18-19-11-15/h2-5,10-11,13,17,21H,6-9,12H2,1H3,(H,18,19)/t17-/m0/s1. The fourth-order valence-corrected chi connectivity index (χ4v) is 3.85. The van der Waals surface area contributed by atoms with E-state index in [4.69, 9.17) is 0 Å². The smallest absolute Gasteiger partial charge is 0.175 e. The van der Waals surface area contributed by atoms with Crippen molar-refractivity contribution >= 4 is 9.84 Å². The molecule has 0 spiro atoms. The average molecular weight is 349 g/mol. The minimum absolute atomic E-state index is 0.277. The van der Waals surface area contributed by atoms with Crippen LogP contribution in [0.15, 0.2) is 41.6 Å². The van der Waals surface area contributed by atoms with E-state index in [9.17, 15) is 13.5 Å². The zero-order valence-electron chi connectivity index (χ0n) is 13.7. The Bertz CT molecular complexity index is 749. The summed E-state index contributed by atoms with van der Waals surface area (Å²) in [5.74, 6) is 0.534. The normalized spacial score (nSPS) is 18.6.